The normalized spacial score (nSPS) is 12.9. The van der Waals surface area contributed by atoms with Gasteiger partial charge in [-0.3, -0.25) is 0 Å². The summed E-state index contributed by atoms with van der Waals surface area (Å²) in [6.07, 6.45) is 0. The molecule has 1 rings (SSSR count). The average molecular weight is 153 g/mol. The molecule has 0 aliphatic heterocycles. The maximum atomic E-state index is 9.03. The van der Waals surface area contributed by atoms with Gasteiger partial charge in [0, 0.05) is 12.1 Å². The van der Waals surface area contributed by atoms with Crippen LogP contribution in [0.3, 0.4) is 0 Å². The van der Waals surface area contributed by atoms with Gasteiger partial charge in [-0.15, -0.1) is 0 Å². The fourth-order valence-electron chi connectivity index (χ4n) is 0.881. The maximum absolute atomic E-state index is 9.03. The number of benzene rings is 1. The van der Waals surface area contributed by atoms with E-state index in [0.29, 0.717) is 0 Å². The lowest BCUT2D eigenvalue weighted by Gasteiger charge is -2.05. The van der Waals surface area contributed by atoms with E-state index in [1.807, 2.05) is 0 Å². The number of phenols is 2. The van der Waals surface area contributed by atoms with Gasteiger partial charge in [0.2, 0.25) is 0 Å². The molecule has 3 nitrogen and oxygen atoms in total. The highest BCUT2D eigenvalue weighted by molar-refractivity contribution is 5.37. The molecule has 3 heteroatoms. The van der Waals surface area contributed by atoms with Gasteiger partial charge in [0.25, 0.3) is 0 Å². The minimum Gasteiger partial charge on any atom is -0.508 e. The van der Waals surface area contributed by atoms with E-state index in [-0.39, 0.29) is 17.5 Å². The first-order valence-corrected chi connectivity index (χ1v) is 3.38. The van der Waals surface area contributed by atoms with Crippen LogP contribution in [-0.2, 0) is 0 Å². The smallest absolute Gasteiger partial charge is 0.119 e. The second kappa shape index (κ2) is 2.80. The molecule has 0 aliphatic carbocycles. The molecular weight excluding hydrogens is 142 g/mol. The molecule has 0 saturated heterocycles. The molecule has 4 N–H and O–H groups in total. The first-order chi connectivity index (χ1) is 5.09. The number of nitrogens with two attached hydrogens (primary N) is 1. The SMILES string of the molecule is C[C@H](N)c1cc(O)cc(O)c1. The van der Waals surface area contributed by atoms with Crippen LogP contribution in [0, 0.1) is 0 Å². The van der Waals surface area contributed by atoms with Crippen molar-refractivity contribution in [1.29, 1.82) is 0 Å². The Balaban J connectivity index is 3.08. The molecular formula is C8H11NO2. The van der Waals surface area contributed by atoms with Crippen molar-refractivity contribution >= 4 is 0 Å². The second-order valence-corrected chi connectivity index (χ2v) is 2.57. The summed E-state index contributed by atoms with van der Waals surface area (Å²) < 4.78 is 0. The summed E-state index contributed by atoms with van der Waals surface area (Å²) in [5.41, 5.74) is 6.25. The van der Waals surface area contributed by atoms with E-state index >= 15 is 0 Å². The summed E-state index contributed by atoms with van der Waals surface area (Å²) in [5.74, 6) is 0.0783. The topological polar surface area (TPSA) is 66.5 Å². The predicted octanol–water partition coefficient (Wildman–Crippen LogP) is 1.12. The van der Waals surface area contributed by atoms with E-state index in [1.54, 1.807) is 6.92 Å². The largest absolute Gasteiger partial charge is 0.508 e. The molecule has 1 aromatic carbocycles. The number of hydrogen-bond donors (Lipinski definition) is 3. The molecule has 60 valence electrons. The minimum absolute atomic E-state index is 0.0392. The number of aromatic hydroxyl groups is 2. The summed E-state index contributed by atoms with van der Waals surface area (Å²) in [7, 11) is 0. The van der Waals surface area contributed by atoms with Crippen LogP contribution in [0.4, 0.5) is 0 Å². The van der Waals surface area contributed by atoms with Crippen LogP contribution in [0.15, 0.2) is 18.2 Å². The molecule has 0 unspecified atom stereocenters. The standard InChI is InChI=1S/C8H11NO2/c1-5(9)6-2-7(10)4-8(11)3-6/h2-5,10-11H,9H2,1H3/t5-/m0/s1. The Morgan fingerprint density at radius 3 is 2.00 bits per heavy atom. The van der Waals surface area contributed by atoms with Crippen molar-refractivity contribution in [3.63, 3.8) is 0 Å². The third kappa shape index (κ3) is 1.85. The van der Waals surface area contributed by atoms with Crippen molar-refractivity contribution < 1.29 is 10.2 Å². The summed E-state index contributed by atoms with van der Waals surface area (Å²) in [4.78, 5) is 0. The Morgan fingerprint density at radius 1 is 1.18 bits per heavy atom. The third-order valence-corrected chi connectivity index (χ3v) is 1.45. The van der Waals surface area contributed by atoms with Crippen molar-refractivity contribution in [3.8, 4) is 11.5 Å². The first-order valence-electron chi connectivity index (χ1n) is 3.38. The molecule has 0 aromatic heterocycles. The lowest BCUT2D eigenvalue weighted by molar-refractivity contribution is 0.448. The van der Waals surface area contributed by atoms with Crippen LogP contribution >= 0.6 is 0 Å². The van der Waals surface area contributed by atoms with Gasteiger partial charge < -0.3 is 15.9 Å². The van der Waals surface area contributed by atoms with Crippen LogP contribution in [0.2, 0.25) is 0 Å². The molecule has 0 bridgehead atoms. The molecule has 0 radical (unpaired) electrons. The van der Waals surface area contributed by atoms with Crippen LogP contribution in [0.1, 0.15) is 18.5 Å². The van der Waals surface area contributed by atoms with Gasteiger partial charge in [0.1, 0.15) is 11.5 Å². The quantitative estimate of drug-likeness (QED) is 0.566. The van der Waals surface area contributed by atoms with E-state index in [9.17, 15) is 0 Å². The molecule has 1 atom stereocenters. The Bertz CT molecular complexity index is 238. The van der Waals surface area contributed by atoms with Crippen LogP contribution in [0.5, 0.6) is 11.5 Å². The molecule has 1 aromatic rings. The number of phenolic OH excluding ortho intramolecular Hbond substituents is 2. The maximum Gasteiger partial charge on any atom is 0.119 e. The molecule has 0 saturated carbocycles. The van der Waals surface area contributed by atoms with Gasteiger partial charge in [-0.25, -0.2) is 0 Å². The molecule has 11 heavy (non-hydrogen) atoms. The molecule has 0 spiro atoms. The van der Waals surface area contributed by atoms with Gasteiger partial charge >= 0.3 is 0 Å². The van der Waals surface area contributed by atoms with E-state index in [2.05, 4.69) is 0 Å². The highest BCUT2D eigenvalue weighted by Crippen LogP contribution is 2.23. The molecule has 0 amide bonds. The van der Waals surface area contributed by atoms with Gasteiger partial charge in [0.05, 0.1) is 0 Å². The Morgan fingerprint density at radius 2 is 1.64 bits per heavy atom. The van der Waals surface area contributed by atoms with Crippen molar-refractivity contribution in [2.75, 3.05) is 0 Å². The Labute approximate surface area is 65.1 Å². The van der Waals surface area contributed by atoms with Crippen LogP contribution in [-0.4, -0.2) is 10.2 Å². The second-order valence-electron chi connectivity index (χ2n) is 2.57. The summed E-state index contributed by atoms with van der Waals surface area (Å²) >= 11 is 0. The van der Waals surface area contributed by atoms with Gasteiger partial charge in [-0.2, -0.15) is 0 Å². The summed E-state index contributed by atoms with van der Waals surface area (Å²) in [6, 6.07) is 4.16. The fraction of sp³-hybridized carbons (Fsp3) is 0.250. The van der Waals surface area contributed by atoms with E-state index < -0.39 is 0 Å². The third-order valence-electron chi connectivity index (χ3n) is 1.45. The van der Waals surface area contributed by atoms with E-state index in [0.717, 1.165) is 5.56 Å². The molecule has 0 fully saturated rings. The van der Waals surface area contributed by atoms with Gasteiger partial charge in [-0.05, 0) is 24.6 Å². The lowest BCUT2D eigenvalue weighted by Crippen LogP contribution is -2.04. The zero-order valence-corrected chi connectivity index (χ0v) is 6.28. The predicted molar refractivity (Wildman–Crippen MR) is 42.4 cm³/mol. The van der Waals surface area contributed by atoms with Crippen molar-refractivity contribution in [2.45, 2.75) is 13.0 Å². The number of hydrogen-bond acceptors (Lipinski definition) is 3. The van der Waals surface area contributed by atoms with Gasteiger partial charge in [-0.1, -0.05) is 0 Å². The highest BCUT2D eigenvalue weighted by atomic mass is 16.3. The minimum atomic E-state index is -0.173. The zero-order chi connectivity index (χ0) is 8.43. The summed E-state index contributed by atoms with van der Waals surface area (Å²) in [6.45, 7) is 1.79. The first kappa shape index (κ1) is 7.88. The lowest BCUT2D eigenvalue weighted by atomic mass is 10.1. The van der Waals surface area contributed by atoms with Crippen molar-refractivity contribution in [3.05, 3.63) is 23.8 Å². The fourth-order valence-corrected chi connectivity index (χ4v) is 0.881. The monoisotopic (exact) mass is 153 g/mol. The Hall–Kier alpha value is -1.22. The zero-order valence-electron chi connectivity index (χ0n) is 6.28. The van der Waals surface area contributed by atoms with E-state index in [1.165, 1.54) is 18.2 Å². The average Bonchev–Trinajstić information content (AvgIpc) is 1.85. The molecule has 0 heterocycles. The van der Waals surface area contributed by atoms with Gasteiger partial charge in [0.15, 0.2) is 0 Å². The van der Waals surface area contributed by atoms with E-state index in [4.69, 9.17) is 15.9 Å². The van der Waals surface area contributed by atoms with Crippen LogP contribution in [0.25, 0.3) is 0 Å². The number of rotatable bonds is 1. The Kier molecular flexibility index (Phi) is 2.01. The summed E-state index contributed by atoms with van der Waals surface area (Å²) in [5, 5.41) is 18.1. The molecule has 0 aliphatic rings. The highest BCUT2D eigenvalue weighted by Gasteiger charge is 2.02. The van der Waals surface area contributed by atoms with Crippen LogP contribution < -0.4 is 5.73 Å². The van der Waals surface area contributed by atoms with Crippen molar-refractivity contribution in [1.82, 2.24) is 0 Å². The van der Waals surface area contributed by atoms with Crippen molar-refractivity contribution in [2.24, 2.45) is 5.73 Å².